The van der Waals surface area contributed by atoms with Crippen LogP contribution in [0, 0.1) is 0 Å². The molecule has 15 heteroatoms. The van der Waals surface area contributed by atoms with Crippen LogP contribution >= 0.6 is 0 Å². The van der Waals surface area contributed by atoms with Crippen LogP contribution in [-0.2, 0) is 37.4 Å². The lowest BCUT2D eigenvalue weighted by Crippen LogP contribution is -2.45. The second kappa shape index (κ2) is 12.6. The summed E-state index contributed by atoms with van der Waals surface area (Å²) in [4.78, 5) is 14.8. The van der Waals surface area contributed by atoms with Crippen LogP contribution in [0.3, 0.4) is 0 Å². The molecule has 2 unspecified atom stereocenters. The molecule has 0 aromatic heterocycles. The van der Waals surface area contributed by atoms with Gasteiger partial charge in [0.2, 0.25) is 26.0 Å². The lowest BCUT2D eigenvalue weighted by atomic mass is 9.89. The van der Waals surface area contributed by atoms with E-state index in [9.17, 15) is 43.6 Å². The Balaban J connectivity index is 1.58. The number of likely N-dealkylation sites (tertiary alicyclic amines) is 1. The van der Waals surface area contributed by atoms with E-state index < -0.39 is 68.4 Å². The Labute approximate surface area is 247 Å². The molecule has 2 fully saturated rings. The van der Waals surface area contributed by atoms with E-state index in [1.54, 1.807) is 0 Å². The van der Waals surface area contributed by atoms with Crippen molar-refractivity contribution in [2.75, 3.05) is 26.2 Å². The average molecular weight is 650 g/mol. The van der Waals surface area contributed by atoms with Gasteiger partial charge in [-0.3, -0.25) is 4.79 Å². The van der Waals surface area contributed by atoms with Gasteiger partial charge in [0, 0.05) is 50.5 Å². The predicted molar refractivity (Wildman–Crippen MR) is 149 cm³/mol. The molecule has 0 bridgehead atoms. The molecule has 2 aromatic carbocycles. The fraction of sp³-hybridized carbons (Fsp3) is 0.464. The highest BCUT2D eigenvalue weighted by atomic mass is 32.2. The lowest BCUT2D eigenvalue weighted by Gasteiger charge is -2.34. The number of halogens is 5. The van der Waals surface area contributed by atoms with Crippen molar-refractivity contribution in [1.29, 1.82) is 0 Å². The highest BCUT2D eigenvalue weighted by molar-refractivity contribution is 7.92. The molecule has 2 aliphatic heterocycles. The van der Waals surface area contributed by atoms with Gasteiger partial charge in [-0.2, -0.15) is 17.5 Å². The number of sulfonamides is 2. The molecule has 4 rings (SSSR count). The first-order valence-corrected chi connectivity index (χ1v) is 16.6. The number of nitrogens with one attached hydrogen (secondary N) is 1. The summed E-state index contributed by atoms with van der Waals surface area (Å²) in [6.45, 7) is 2.89. The van der Waals surface area contributed by atoms with E-state index >= 15 is 0 Å². The van der Waals surface area contributed by atoms with Gasteiger partial charge < -0.3 is 4.90 Å². The largest absolute Gasteiger partial charge is 0.416 e. The number of rotatable bonds is 10. The highest BCUT2D eigenvalue weighted by Gasteiger charge is 2.39. The van der Waals surface area contributed by atoms with E-state index in [2.05, 4.69) is 11.3 Å². The van der Waals surface area contributed by atoms with Crippen molar-refractivity contribution in [2.24, 2.45) is 0 Å². The maximum absolute atomic E-state index is 13.8. The number of amides is 1. The smallest absolute Gasteiger partial charge is 0.342 e. The van der Waals surface area contributed by atoms with Gasteiger partial charge in [0.1, 0.15) is 0 Å². The zero-order chi connectivity index (χ0) is 31.6. The quantitative estimate of drug-likeness (QED) is 0.382. The number of piperidine rings is 1. The summed E-state index contributed by atoms with van der Waals surface area (Å²) >= 11 is 0. The van der Waals surface area contributed by atoms with Gasteiger partial charge in [-0.05, 0) is 54.7 Å². The van der Waals surface area contributed by atoms with E-state index in [4.69, 9.17) is 0 Å². The Hall–Kier alpha value is -2.88. The predicted octanol–water partition coefficient (Wildman–Crippen LogP) is 4.51. The zero-order valence-corrected chi connectivity index (χ0v) is 24.7. The standard InChI is InChI=1S/C28H32F5N3O5S2/c1-2-42(38,39)34-19-23-4-3-15-36(23)43(40,41)24-11-7-21(8-12-24)25(26(37)35-16-13-27(29,30)14-17-35)18-20-5-9-22(10-6-20)28(31,32)33/h2,5-12,23,25,34H,1,3-4,13-19H2. The minimum atomic E-state index is -4.54. The van der Waals surface area contributed by atoms with Crippen LogP contribution in [0.2, 0.25) is 0 Å². The first-order valence-electron chi connectivity index (χ1n) is 13.6. The Morgan fingerprint density at radius 2 is 1.60 bits per heavy atom. The third kappa shape index (κ3) is 7.99. The van der Waals surface area contributed by atoms with E-state index in [-0.39, 0.29) is 37.5 Å². The number of hydrogen-bond donors (Lipinski definition) is 1. The Kier molecular flexibility index (Phi) is 9.69. The van der Waals surface area contributed by atoms with Crippen molar-refractivity contribution in [3.05, 3.63) is 77.2 Å². The molecule has 2 saturated heterocycles. The molecule has 1 amide bonds. The second-order valence-electron chi connectivity index (χ2n) is 10.7. The molecule has 0 saturated carbocycles. The van der Waals surface area contributed by atoms with Gasteiger partial charge in [0.25, 0.3) is 5.92 Å². The van der Waals surface area contributed by atoms with Gasteiger partial charge in [-0.1, -0.05) is 30.8 Å². The molecular formula is C28H32F5N3O5S2. The molecule has 236 valence electrons. The molecule has 0 aliphatic carbocycles. The van der Waals surface area contributed by atoms with E-state index in [1.165, 1.54) is 45.6 Å². The number of nitrogens with zero attached hydrogens (tertiary/aromatic N) is 2. The van der Waals surface area contributed by atoms with Crippen LogP contribution in [0.4, 0.5) is 22.0 Å². The number of hydrogen-bond acceptors (Lipinski definition) is 5. The van der Waals surface area contributed by atoms with Crippen molar-refractivity contribution >= 4 is 26.0 Å². The molecule has 0 radical (unpaired) electrons. The van der Waals surface area contributed by atoms with Gasteiger partial charge in [0.05, 0.1) is 16.4 Å². The van der Waals surface area contributed by atoms with Gasteiger partial charge in [0.15, 0.2) is 0 Å². The molecule has 8 nitrogen and oxygen atoms in total. The summed E-state index contributed by atoms with van der Waals surface area (Å²) in [5.74, 6) is -4.35. The molecule has 1 N–H and O–H groups in total. The number of benzene rings is 2. The van der Waals surface area contributed by atoms with Crippen LogP contribution < -0.4 is 4.72 Å². The minimum absolute atomic E-state index is 0.0341. The van der Waals surface area contributed by atoms with Crippen molar-refractivity contribution in [1.82, 2.24) is 13.9 Å². The molecule has 0 spiro atoms. The highest BCUT2D eigenvalue weighted by Crippen LogP contribution is 2.34. The summed E-state index contributed by atoms with van der Waals surface area (Å²) in [7, 11) is -7.80. The molecule has 2 aliphatic rings. The zero-order valence-electron chi connectivity index (χ0n) is 23.1. The second-order valence-corrected chi connectivity index (χ2v) is 14.3. The molecule has 43 heavy (non-hydrogen) atoms. The normalized spacial score (nSPS) is 20.6. The number of carbonyl (C=O) groups is 1. The van der Waals surface area contributed by atoms with Crippen molar-refractivity contribution < 1.29 is 43.6 Å². The third-order valence-corrected chi connectivity index (χ3v) is 10.8. The fourth-order valence-electron chi connectivity index (χ4n) is 5.30. The van der Waals surface area contributed by atoms with Crippen molar-refractivity contribution in [2.45, 2.75) is 61.1 Å². The summed E-state index contributed by atoms with van der Waals surface area (Å²) < 4.78 is 121. The van der Waals surface area contributed by atoms with Crippen LogP contribution in [0.1, 0.15) is 48.3 Å². The van der Waals surface area contributed by atoms with Gasteiger partial charge in [-0.15, -0.1) is 0 Å². The Morgan fingerprint density at radius 3 is 2.16 bits per heavy atom. The maximum Gasteiger partial charge on any atom is 0.416 e. The van der Waals surface area contributed by atoms with E-state index in [0.29, 0.717) is 24.0 Å². The summed E-state index contributed by atoms with van der Waals surface area (Å²) in [6.07, 6.45) is -4.64. The number of alkyl halides is 5. The first-order chi connectivity index (χ1) is 20.0. The molecule has 2 atom stereocenters. The Bertz CT molecular complexity index is 1520. The van der Waals surface area contributed by atoms with E-state index in [0.717, 1.165) is 17.5 Å². The van der Waals surface area contributed by atoms with Gasteiger partial charge in [-0.25, -0.2) is 30.3 Å². The molecule has 2 heterocycles. The lowest BCUT2D eigenvalue weighted by molar-refractivity contribution is -0.139. The van der Waals surface area contributed by atoms with E-state index in [1.807, 2.05) is 0 Å². The fourth-order valence-corrected chi connectivity index (χ4v) is 7.53. The number of carbonyl (C=O) groups excluding carboxylic acids is 1. The van der Waals surface area contributed by atoms with Crippen LogP contribution in [-0.4, -0.2) is 70.1 Å². The summed E-state index contributed by atoms with van der Waals surface area (Å²) in [5.41, 5.74) is -0.0744. The van der Waals surface area contributed by atoms with Crippen LogP contribution in [0.5, 0.6) is 0 Å². The van der Waals surface area contributed by atoms with Crippen molar-refractivity contribution in [3.63, 3.8) is 0 Å². The summed E-state index contributed by atoms with van der Waals surface area (Å²) in [6, 6.07) is 9.17. The monoisotopic (exact) mass is 649 g/mol. The average Bonchev–Trinajstić information content (AvgIpc) is 3.44. The maximum atomic E-state index is 13.8. The van der Waals surface area contributed by atoms with Crippen LogP contribution in [0.15, 0.2) is 65.4 Å². The summed E-state index contributed by atoms with van der Waals surface area (Å²) in [5, 5.41) is 0.733. The minimum Gasteiger partial charge on any atom is -0.342 e. The third-order valence-electron chi connectivity index (χ3n) is 7.78. The van der Waals surface area contributed by atoms with Gasteiger partial charge >= 0.3 is 6.18 Å². The SMILES string of the molecule is C=CS(=O)(=O)NCC1CCCN1S(=O)(=O)c1ccc(C(Cc2ccc(C(F)(F)F)cc2)C(=O)N2CCC(F)(F)CC2)cc1. The van der Waals surface area contributed by atoms with Crippen LogP contribution in [0.25, 0.3) is 0 Å². The Morgan fingerprint density at radius 1 is 1.00 bits per heavy atom. The van der Waals surface area contributed by atoms with Crippen molar-refractivity contribution in [3.8, 4) is 0 Å². The topological polar surface area (TPSA) is 104 Å². The molecule has 2 aromatic rings. The molecular weight excluding hydrogens is 617 g/mol. The first kappa shape index (κ1) is 33.0.